The molecule has 4 saturated carbocycles. The quantitative estimate of drug-likeness (QED) is 0.671. The normalized spacial score (nSPS) is 33.5. The zero-order valence-corrected chi connectivity index (χ0v) is 17.5. The monoisotopic (exact) mass is 406 g/mol. The van der Waals surface area contributed by atoms with Gasteiger partial charge < -0.3 is 10.6 Å². The smallest absolute Gasteiger partial charge is 0.282 e. The van der Waals surface area contributed by atoms with Gasteiger partial charge >= 0.3 is 0 Å². The van der Waals surface area contributed by atoms with E-state index >= 15 is 0 Å². The maximum atomic E-state index is 12.7. The Kier molecular flexibility index (Phi) is 5.04. The highest BCUT2D eigenvalue weighted by Crippen LogP contribution is 2.60. The molecule has 0 aliphatic heterocycles. The van der Waals surface area contributed by atoms with Crippen LogP contribution in [0.15, 0.2) is 29.2 Å². The summed E-state index contributed by atoms with van der Waals surface area (Å²) < 4.78 is 22.7. The summed E-state index contributed by atoms with van der Waals surface area (Å²) in [5.41, 5.74) is 0.987. The highest BCUT2D eigenvalue weighted by molar-refractivity contribution is 7.89. The summed E-state index contributed by atoms with van der Waals surface area (Å²) in [6.45, 7) is 4.25. The number of nitrogens with one attached hydrogen (secondary N) is 1. The van der Waals surface area contributed by atoms with E-state index in [1.54, 1.807) is 12.1 Å². The molecule has 154 valence electrons. The molecular formula is C21H32N3O3S+. The van der Waals surface area contributed by atoms with Crippen molar-refractivity contribution in [2.45, 2.75) is 69.4 Å². The van der Waals surface area contributed by atoms with Gasteiger partial charge in [-0.05, 0) is 94.4 Å². The summed E-state index contributed by atoms with van der Waals surface area (Å²) >= 11 is 0. The van der Waals surface area contributed by atoms with E-state index in [0.29, 0.717) is 17.1 Å². The molecule has 2 atom stereocenters. The topological polar surface area (TPSA) is 106 Å². The summed E-state index contributed by atoms with van der Waals surface area (Å²) in [6.07, 6.45) is 8.28. The molecule has 0 radical (unpaired) electrons. The second-order valence-electron chi connectivity index (χ2n) is 9.61. The molecule has 6 nitrogen and oxygen atoms in total. The Morgan fingerprint density at radius 3 is 2.04 bits per heavy atom. The number of hydrogen-bond donors (Lipinski definition) is 3. The van der Waals surface area contributed by atoms with Crippen LogP contribution in [0.3, 0.4) is 0 Å². The molecule has 0 spiro atoms. The van der Waals surface area contributed by atoms with Crippen molar-refractivity contribution in [2.75, 3.05) is 5.32 Å². The molecule has 5 N–H and O–H groups in total. The first-order valence-electron chi connectivity index (χ1n) is 10.4. The predicted molar refractivity (Wildman–Crippen MR) is 108 cm³/mol. The highest BCUT2D eigenvalue weighted by Gasteiger charge is 2.54. The van der Waals surface area contributed by atoms with Gasteiger partial charge in [0.15, 0.2) is 6.04 Å². The Balaban J connectivity index is 1.37. The van der Waals surface area contributed by atoms with Crippen molar-refractivity contribution in [3.8, 4) is 0 Å². The van der Waals surface area contributed by atoms with Crippen molar-refractivity contribution in [3.05, 3.63) is 24.3 Å². The van der Waals surface area contributed by atoms with E-state index in [1.165, 1.54) is 50.7 Å². The van der Waals surface area contributed by atoms with E-state index in [-0.39, 0.29) is 16.8 Å². The van der Waals surface area contributed by atoms with E-state index in [0.717, 1.165) is 17.8 Å². The van der Waals surface area contributed by atoms with E-state index in [9.17, 15) is 13.2 Å². The Bertz CT molecular complexity index is 815. The number of benzene rings is 1. The average molecular weight is 407 g/mol. The first-order chi connectivity index (χ1) is 13.1. The zero-order valence-electron chi connectivity index (χ0n) is 16.7. The van der Waals surface area contributed by atoms with Gasteiger partial charge in [0.1, 0.15) is 0 Å². The highest BCUT2D eigenvalue weighted by atomic mass is 32.2. The number of hydrogen-bond acceptors (Lipinski definition) is 3. The summed E-state index contributed by atoms with van der Waals surface area (Å²) in [5, 5.41) is 10.2. The number of carbonyl (C=O) groups is 1. The number of amides is 1. The standard InChI is InChI=1S/C21H31N3O3S/c1-13(20(25)24-18-3-5-19(6-4-18)28(22,26)27)23-14(2)21-10-15-7-16(11-21)9-17(8-15)12-21/h3-6,13-17,23H,7-12H2,1-2H3,(H,24,25)(H2,22,26,27)/p+1/t13-,14-,15?,16?,17?,21?/m1/s1. The van der Waals surface area contributed by atoms with E-state index in [4.69, 9.17) is 5.14 Å². The molecule has 4 fully saturated rings. The van der Waals surface area contributed by atoms with Gasteiger partial charge in [-0.25, -0.2) is 13.6 Å². The molecular weight excluding hydrogens is 374 g/mol. The van der Waals surface area contributed by atoms with Gasteiger partial charge in [0.2, 0.25) is 10.0 Å². The van der Waals surface area contributed by atoms with Crippen LogP contribution in [0.1, 0.15) is 52.4 Å². The van der Waals surface area contributed by atoms with Gasteiger partial charge in [0.25, 0.3) is 5.91 Å². The van der Waals surface area contributed by atoms with Gasteiger partial charge in [-0.1, -0.05) is 0 Å². The maximum absolute atomic E-state index is 12.7. The molecule has 7 heteroatoms. The third-order valence-corrected chi connectivity index (χ3v) is 8.42. The van der Waals surface area contributed by atoms with Gasteiger partial charge in [0.05, 0.1) is 10.9 Å². The van der Waals surface area contributed by atoms with Crippen LogP contribution in [-0.4, -0.2) is 26.4 Å². The van der Waals surface area contributed by atoms with Gasteiger partial charge in [0, 0.05) is 11.1 Å². The van der Waals surface area contributed by atoms with Crippen LogP contribution in [0, 0.1) is 23.2 Å². The minimum absolute atomic E-state index is 0.0422. The minimum atomic E-state index is -3.72. The van der Waals surface area contributed by atoms with Crippen LogP contribution >= 0.6 is 0 Å². The van der Waals surface area contributed by atoms with E-state index in [1.807, 2.05) is 6.92 Å². The lowest BCUT2D eigenvalue weighted by molar-refractivity contribution is -0.718. The third kappa shape index (κ3) is 3.84. The predicted octanol–water partition coefficient (Wildman–Crippen LogP) is 1.83. The van der Waals surface area contributed by atoms with Crippen molar-refractivity contribution < 1.29 is 18.5 Å². The lowest BCUT2D eigenvalue weighted by atomic mass is 9.48. The average Bonchev–Trinajstić information content (AvgIpc) is 2.60. The Morgan fingerprint density at radius 1 is 1.07 bits per heavy atom. The number of nitrogens with two attached hydrogens (primary N) is 2. The SMILES string of the molecule is C[C@@H]([NH2+][C@H](C)C12CC3CC(CC(C3)C1)C2)C(=O)Nc1ccc(S(N)(=O)=O)cc1. The molecule has 4 bridgehead atoms. The molecule has 4 aliphatic rings. The second kappa shape index (κ2) is 7.11. The summed E-state index contributed by atoms with van der Waals surface area (Å²) in [5.74, 6) is 2.66. The van der Waals surface area contributed by atoms with E-state index < -0.39 is 10.0 Å². The summed E-state index contributed by atoms with van der Waals surface area (Å²) in [7, 11) is -3.72. The molecule has 1 aromatic rings. The molecule has 4 aliphatic carbocycles. The molecule has 1 aromatic carbocycles. The molecule has 5 rings (SSSR count). The molecule has 0 unspecified atom stereocenters. The lowest BCUT2D eigenvalue weighted by Gasteiger charge is -2.58. The maximum Gasteiger partial charge on any atom is 0.282 e. The Labute approximate surface area is 167 Å². The fourth-order valence-corrected chi connectivity index (χ4v) is 6.96. The van der Waals surface area contributed by atoms with Crippen LogP contribution in [0.25, 0.3) is 0 Å². The van der Waals surface area contributed by atoms with Crippen LogP contribution in [0.4, 0.5) is 5.69 Å². The Morgan fingerprint density at radius 2 is 1.57 bits per heavy atom. The number of rotatable bonds is 6. The number of quaternary nitrogens is 1. The summed E-state index contributed by atoms with van der Waals surface area (Å²) in [6, 6.07) is 6.22. The van der Waals surface area contributed by atoms with Crippen molar-refractivity contribution in [1.29, 1.82) is 0 Å². The van der Waals surface area contributed by atoms with Crippen molar-refractivity contribution in [3.63, 3.8) is 0 Å². The van der Waals surface area contributed by atoms with Crippen LogP contribution in [-0.2, 0) is 14.8 Å². The first kappa shape index (κ1) is 19.9. The van der Waals surface area contributed by atoms with Crippen LogP contribution in [0.5, 0.6) is 0 Å². The van der Waals surface area contributed by atoms with Gasteiger partial charge in [-0.15, -0.1) is 0 Å². The van der Waals surface area contributed by atoms with Crippen LogP contribution < -0.4 is 15.8 Å². The molecule has 1 amide bonds. The largest absolute Gasteiger partial charge is 0.334 e. The fraction of sp³-hybridized carbons (Fsp3) is 0.667. The number of primary sulfonamides is 1. The van der Waals surface area contributed by atoms with Gasteiger partial charge in [-0.2, -0.15) is 0 Å². The lowest BCUT2D eigenvalue weighted by Crippen LogP contribution is -2.98. The number of sulfonamides is 1. The first-order valence-corrected chi connectivity index (χ1v) is 12.0. The second-order valence-corrected chi connectivity index (χ2v) is 11.2. The Hall–Kier alpha value is -1.44. The fourth-order valence-electron chi connectivity index (χ4n) is 6.44. The molecule has 0 saturated heterocycles. The van der Waals surface area contributed by atoms with Gasteiger partial charge in [-0.3, -0.25) is 4.79 Å². The van der Waals surface area contributed by atoms with Crippen molar-refractivity contribution in [2.24, 2.45) is 28.3 Å². The number of anilines is 1. The third-order valence-electron chi connectivity index (χ3n) is 7.49. The molecule has 0 aromatic heterocycles. The molecule has 0 heterocycles. The molecule has 28 heavy (non-hydrogen) atoms. The van der Waals surface area contributed by atoms with Crippen LogP contribution in [0.2, 0.25) is 0 Å². The summed E-state index contributed by atoms with van der Waals surface area (Å²) in [4.78, 5) is 12.7. The minimum Gasteiger partial charge on any atom is -0.334 e. The van der Waals surface area contributed by atoms with Crippen molar-refractivity contribution >= 4 is 21.6 Å². The van der Waals surface area contributed by atoms with E-state index in [2.05, 4.69) is 17.6 Å². The zero-order chi connectivity index (χ0) is 20.1. The number of carbonyl (C=O) groups excluding carboxylic acids is 1. The van der Waals surface area contributed by atoms with Crippen molar-refractivity contribution in [1.82, 2.24) is 0 Å².